The van der Waals surface area contributed by atoms with E-state index in [1.807, 2.05) is 27.7 Å². The molecule has 6 atom stereocenters. The van der Waals surface area contributed by atoms with Gasteiger partial charge in [-0.25, -0.2) is 4.79 Å². The number of carbonyl (C=O) groups is 10. The van der Waals surface area contributed by atoms with Gasteiger partial charge in [0, 0.05) is 12.8 Å². The Bertz CT molecular complexity index is 1750. The van der Waals surface area contributed by atoms with Gasteiger partial charge in [0.25, 0.3) is 0 Å². The van der Waals surface area contributed by atoms with Gasteiger partial charge in [-0.1, -0.05) is 71.9 Å². The van der Waals surface area contributed by atoms with E-state index in [4.69, 9.17) is 11.5 Å². The second kappa shape index (κ2) is 29.6. The van der Waals surface area contributed by atoms with Crippen LogP contribution in [0, 0.1) is 17.8 Å². The van der Waals surface area contributed by atoms with Crippen LogP contribution in [0.3, 0.4) is 0 Å². The molecule has 64 heavy (non-hydrogen) atoms. The lowest BCUT2D eigenvalue weighted by molar-refractivity contribution is -0.142. The van der Waals surface area contributed by atoms with Gasteiger partial charge in [-0.05, 0) is 61.0 Å². The van der Waals surface area contributed by atoms with E-state index in [1.165, 1.54) is 11.8 Å². The van der Waals surface area contributed by atoms with Crippen LogP contribution in [-0.4, -0.2) is 132 Å². The lowest BCUT2D eigenvalue weighted by atomic mass is 9.98. The van der Waals surface area contributed by atoms with E-state index >= 15 is 0 Å². The van der Waals surface area contributed by atoms with E-state index in [0.29, 0.717) is 11.3 Å². The summed E-state index contributed by atoms with van der Waals surface area (Å²) in [5.41, 5.74) is 11.4. The molecule has 358 valence electrons. The van der Waals surface area contributed by atoms with E-state index in [-0.39, 0.29) is 56.9 Å². The van der Waals surface area contributed by atoms with Crippen molar-refractivity contribution in [3.8, 4) is 0 Å². The average molecular weight is 921 g/mol. The Kier molecular flexibility index (Phi) is 26.0. The van der Waals surface area contributed by atoms with Crippen molar-refractivity contribution in [2.24, 2.45) is 29.2 Å². The first kappa shape index (κ1) is 56.2. The van der Waals surface area contributed by atoms with Crippen LogP contribution in [0.5, 0.6) is 0 Å². The van der Waals surface area contributed by atoms with Crippen molar-refractivity contribution in [2.75, 3.05) is 31.6 Å². The molecule has 0 saturated heterocycles. The smallest absolute Gasteiger partial charge is 0.326 e. The fourth-order valence-corrected chi connectivity index (χ4v) is 6.61. The van der Waals surface area contributed by atoms with Crippen molar-refractivity contribution < 1.29 is 53.1 Å². The number of hydrogen-bond donors (Lipinski definition) is 11. The third-order valence-corrected chi connectivity index (χ3v) is 10.1. The molecule has 0 aliphatic rings. The monoisotopic (exact) mass is 920 g/mol. The van der Waals surface area contributed by atoms with E-state index < -0.39 is 114 Å². The standard InChI is InChI=1S/C42H68N10O11S/c1-23(2)17-29(51-41(61)36(25(5)6)52-40(60)30(18-24(3)4)48-33(54)20-43)37(57)46-21-34(55)45-22-35(56)47-27(13-14-32(44)53)38(58)50-31(19-26-11-9-8-10-12-26)39(59)49-28(42(62)63)15-16-64-7/h8-12,23-25,27-31,36H,13-22,43H2,1-7H3,(H2,44,53)(H,45,55)(H,46,57)(H,47,56)(H,48,54)(H,49,59)(H,50,58)(H,51,61)(H,52,60)(H,62,63)/t27-,28-,29-,30-,31-,36-/m0/s1. The highest BCUT2D eigenvalue weighted by Crippen LogP contribution is 2.11. The number of thioether (sulfide) groups is 1. The highest BCUT2D eigenvalue weighted by molar-refractivity contribution is 7.98. The molecule has 0 unspecified atom stereocenters. The number of benzene rings is 1. The van der Waals surface area contributed by atoms with Crippen molar-refractivity contribution in [3.05, 3.63) is 35.9 Å². The Balaban J connectivity index is 3.03. The van der Waals surface area contributed by atoms with Crippen LogP contribution >= 0.6 is 11.8 Å². The molecule has 22 heteroatoms. The molecule has 13 N–H and O–H groups in total. The van der Waals surface area contributed by atoms with Crippen LogP contribution in [0.2, 0.25) is 0 Å². The number of carbonyl (C=O) groups excluding carboxylic acids is 9. The summed E-state index contributed by atoms with van der Waals surface area (Å²) < 4.78 is 0. The summed E-state index contributed by atoms with van der Waals surface area (Å²) in [5, 5.41) is 29.8. The molecule has 0 aliphatic carbocycles. The highest BCUT2D eigenvalue weighted by Gasteiger charge is 2.33. The third kappa shape index (κ3) is 22.5. The molecule has 0 spiro atoms. The maximum atomic E-state index is 13.6. The first-order valence-electron chi connectivity index (χ1n) is 21.2. The first-order chi connectivity index (χ1) is 30.1. The molecule has 21 nitrogen and oxygen atoms in total. The molecule has 0 radical (unpaired) electrons. The zero-order valence-corrected chi connectivity index (χ0v) is 38.6. The molecule has 1 aromatic carbocycles. The number of hydrogen-bond acceptors (Lipinski definition) is 12. The van der Waals surface area contributed by atoms with Gasteiger partial charge < -0.3 is 59.1 Å². The topological polar surface area (TPSA) is 339 Å². The summed E-state index contributed by atoms with van der Waals surface area (Å²) in [6.07, 6.45) is 1.67. The van der Waals surface area contributed by atoms with Gasteiger partial charge >= 0.3 is 5.97 Å². The van der Waals surface area contributed by atoms with Crippen LogP contribution in [0.4, 0.5) is 0 Å². The van der Waals surface area contributed by atoms with E-state index in [1.54, 1.807) is 50.4 Å². The Morgan fingerprint density at radius 3 is 1.64 bits per heavy atom. The highest BCUT2D eigenvalue weighted by atomic mass is 32.2. The van der Waals surface area contributed by atoms with Crippen molar-refractivity contribution in [3.63, 3.8) is 0 Å². The predicted octanol–water partition coefficient (Wildman–Crippen LogP) is -1.82. The Morgan fingerprint density at radius 1 is 0.594 bits per heavy atom. The summed E-state index contributed by atoms with van der Waals surface area (Å²) in [4.78, 5) is 128. The van der Waals surface area contributed by atoms with Gasteiger partial charge in [-0.3, -0.25) is 43.2 Å². The Morgan fingerprint density at radius 2 is 1.11 bits per heavy atom. The lowest BCUT2D eigenvalue weighted by Crippen LogP contribution is -2.59. The SMILES string of the molecule is CSCC[C@H](NC(=O)[C@H](Cc1ccccc1)NC(=O)[C@H](CCC(N)=O)NC(=O)CNC(=O)CNC(=O)[C@H](CC(C)C)NC(=O)[C@@H](NC(=O)[C@H](CC(C)C)NC(=O)CN)C(C)C)C(=O)O. The molecule has 1 aromatic rings. The van der Waals surface area contributed by atoms with E-state index in [2.05, 4.69) is 42.5 Å². The molecule has 0 bridgehead atoms. The lowest BCUT2D eigenvalue weighted by Gasteiger charge is -2.28. The fraction of sp³-hybridized carbons (Fsp3) is 0.619. The van der Waals surface area contributed by atoms with Gasteiger partial charge in [0.2, 0.25) is 53.2 Å². The quantitative estimate of drug-likeness (QED) is 0.0406. The maximum Gasteiger partial charge on any atom is 0.326 e. The van der Waals surface area contributed by atoms with Crippen molar-refractivity contribution >= 4 is 70.9 Å². The number of carboxylic acids is 1. The average Bonchev–Trinajstić information content (AvgIpc) is 3.22. The van der Waals surface area contributed by atoms with Gasteiger partial charge in [0.05, 0.1) is 19.6 Å². The third-order valence-electron chi connectivity index (χ3n) is 9.47. The van der Waals surface area contributed by atoms with Crippen LogP contribution in [0.15, 0.2) is 30.3 Å². The van der Waals surface area contributed by atoms with E-state index in [9.17, 15) is 53.1 Å². The summed E-state index contributed by atoms with van der Waals surface area (Å²) in [6.45, 7) is 9.12. The van der Waals surface area contributed by atoms with Crippen LogP contribution in [-0.2, 0) is 54.4 Å². The minimum atomic E-state index is -1.42. The normalized spacial score (nSPS) is 13.9. The number of carboxylic acid groups (broad SMARTS) is 1. The minimum absolute atomic E-state index is 0.0179. The van der Waals surface area contributed by atoms with Gasteiger partial charge in [-0.15, -0.1) is 0 Å². The van der Waals surface area contributed by atoms with Crippen LogP contribution in [0.1, 0.15) is 79.2 Å². The van der Waals surface area contributed by atoms with E-state index in [0.717, 1.165) is 0 Å². The molecule has 1 rings (SSSR count). The Labute approximate surface area is 378 Å². The molecule has 0 fully saturated rings. The molecule has 0 saturated carbocycles. The van der Waals surface area contributed by atoms with Crippen molar-refractivity contribution in [1.29, 1.82) is 0 Å². The van der Waals surface area contributed by atoms with Crippen molar-refractivity contribution in [2.45, 2.75) is 116 Å². The van der Waals surface area contributed by atoms with Crippen LogP contribution < -0.4 is 54.0 Å². The zero-order chi connectivity index (χ0) is 48.5. The number of nitrogens with one attached hydrogen (secondary N) is 8. The number of amides is 9. The largest absolute Gasteiger partial charge is 0.480 e. The predicted molar refractivity (Wildman–Crippen MR) is 240 cm³/mol. The fourth-order valence-electron chi connectivity index (χ4n) is 6.14. The van der Waals surface area contributed by atoms with Gasteiger partial charge in [0.15, 0.2) is 0 Å². The number of nitrogens with two attached hydrogens (primary N) is 2. The molecule has 0 aromatic heterocycles. The van der Waals surface area contributed by atoms with Gasteiger partial charge in [-0.2, -0.15) is 11.8 Å². The number of rotatable bonds is 30. The molecule has 9 amide bonds. The first-order valence-corrected chi connectivity index (χ1v) is 22.6. The maximum absolute atomic E-state index is 13.6. The summed E-state index contributed by atoms with van der Waals surface area (Å²) >= 11 is 1.39. The second-order valence-corrected chi connectivity index (χ2v) is 17.4. The summed E-state index contributed by atoms with van der Waals surface area (Å²) in [5.74, 6) is -8.01. The number of primary amides is 1. The summed E-state index contributed by atoms with van der Waals surface area (Å²) in [7, 11) is 0. The molecule has 0 heterocycles. The van der Waals surface area contributed by atoms with Crippen molar-refractivity contribution in [1.82, 2.24) is 42.5 Å². The second-order valence-electron chi connectivity index (χ2n) is 16.4. The molecule has 0 aliphatic heterocycles. The summed E-state index contributed by atoms with van der Waals surface area (Å²) in [6, 6.07) is 1.46. The number of aliphatic carboxylic acids is 1. The van der Waals surface area contributed by atoms with Crippen LogP contribution in [0.25, 0.3) is 0 Å². The zero-order valence-electron chi connectivity index (χ0n) is 37.7. The molecular formula is C42H68N10O11S. The minimum Gasteiger partial charge on any atom is -0.480 e. The van der Waals surface area contributed by atoms with Gasteiger partial charge in [0.1, 0.15) is 36.3 Å². The Hall–Kier alpha value is -5.77. The molecular weight excluding hydrogens is 853 g/mol.